The van der Waals surface area contributed by atoms with E-state index in [9.17, 15) is 0 Å². The van der Waals surface area contributed by atoms with Gasteiger partial charge >= 0.3 is 0 Å². The first-order valence-corrected chi connectivity index (χ1v) is 8.70. The van der Waals surface area contributed by atoms with Gasteiger partial charge in [-0.2, -0.15) is 0 Å². The van der Waals surface area contributed by atoms with Crippen molar-refractivity contribution in [3.05, 3.63) is 35.4 Å². The number of rotatable bonds is 3. The van der Waals surface area contributed by atoms with Gasteiger partial charge in [-0.3, -0.25) is 0 Å². The van der Waals surface area contributed by atoms with Crippen molar-refractivity contribution >= 4 is 0 Å². The van der Waals surface area contributed by atoms with Crippen LogP contribution >= 0.6 is 0 Å². The van der Waals surface area contributed by atoms with Crippen LogP contribution in [0.5, 0.6) is 0 Å². The lowest BCUT2D eigenvalue weighted by Crippen LogP contribution is -2.49. The van der Waals surface area contributed by atoms with Gasteiger partial charge in [0.25, 0.3) is 0 Å². The average Bonchev–Trinajstić information content (AvgIpc) is 2.92. The van der Waals surface area contributed by atoms with Gasteiger partial charge in [0.05, 0.1) is 5.60 Å². The summed E-state index contributed by atoms with van der Waals surface area (Å²) >= 11 is 0. The van der Waals surface area contributed by atoms with E-state index in [0.717, 1.165) is 12.5 Å². The molecule has 0 radical (unpaired) electrons. The van der Waals surface area contributed by atoms with E-state index in [4.69, 9.17) is 4.74 Å². The van der Waals surface area contributed by atoms with Gasteiger partial charge in [0.2, 0.25) is 0 Å². The quantitative estimate of drug-likeness (QED) is 0.915. The zero-order chi connectivity index (χ0) is 14.3. The summed E-state index contributed by atoms with van der Waals surface area (Å²) in [5, 5.41) is 3.67. The van der Waals surface area contributed by atoms with Gasteiger partial charge in [-0.25, -0.2) is 0 Å². The lowest BCUT2D eigenvalue weighted by molar-refractivity contribution is -0.0992. The van der Waals surface area contributed by atoms with Crippen molar-refractivity contribution in [2.24, 2.45) is 5.92 Å². The third-order valence-electron chi connectivity index (χ3n) is 6.21. The van der Waals surface area contributed by atoms with E-state index in [1.807, 2.05) is 0 Å². The van der Waals surface area contributed by atoms with E-state index in [1.54, 1.807) is 11.1 Å². The molecule has 3 aliphatic rings. The number of fused-ring (bicyclic) bond motifs is 1. The summed E-state index contributed by atoms with van der Waals surface area (Å²) in [6, 6.07) is 9.62. The number of benzene rings is 1. The Bertz CT molecular complexity index is 506. The van der Waals surface area contributed by atoms with Gasteiger partial charge in [0.15, 0.2) is 0 Å². The molecular formula is C19H27NO. The molecule has 3 atom stereocenters. The molecule has 2 heteroatoms. The van der Waals surface area contributed by atoms with Crippen LogP contribution in [0.3, 0.4) is 0 Å². The Labute approximate surface area is 128 Å². The summed E-state index contributed by atoms with van der Waals surface area (Å²) in [5.74, 6) is 1.49. The number of likely N-dealkylation sites (N-methyl/N-ethyl adjacent to an activating group) is 1. The molecule has 1 saturated carbocycles. The van der Waals surface area contributed by atoms with Crippen molar-refractivity contribution in [1.82, 2.24) is 5.32 Å². The van der Waals surface area contributed by atoms with E-state index in [1.165, 1.54) is 44.9 Å². The van der Waals surface area contributed by atoms with Crippen LogP contribution in [-0.4, -0.2) is 25.3 Å². The van der Waals surface area contributed by atoms with E-state index in [-0.39, 0.29) is 5.60 Å². The van der Waals surface area contributed by atoms with E-state index in [0.29, 0.717) is 12.0 Å². The Morgan fingerprint density at radius 2 is 2.05 bits per heavy atom. The number of ether oxygens (including phenoxy) is 1. The predicted octanol–water partition coefficient (Wildman–Crippen LogP) is 3.65. The van der Waals surface area contributed by atoms with Gasteiger partial charge in [-0.05, 0) is 56.2 Å². The van der Waals surface area contributed by atoms with Crippen molar-refractivity contribution in [2.45, 2.75) is 62.5 Å². The van der Waals surface area contributed by atoms with E-state index < -0.39 is 0 Å². The van der Waals surface area contributed by atoms with Crippen LogP contribution in [0.1, 0.15) is 55.6 Å². The largest absolute Gasteiger partial charge is 0.375 e. The average molecular weight is 285 g/mol. The highest BCUT2D eigenvalue weighted by Crippen LogP contribution is 2.47. The molecule has 114 valence electrons. The van der Waals surface area contributed by atoms with Crippen molar-refractivity contribution in [2.75, 3.05) is 13.7 Å². The van der Waals surface area contributed by atoms with Crippen LogP contribution < -0.4 is 5.32 Å². The maximum absolute atomic E-state index is 6.22. The molecule has 2 aliphatic carbocycles. The van der Waals surface area contributed by atoms with Gasteiger partial charge < -0.3 is 10.1 Å². The van der Waals surface area contributed by atoms with Crippen LogP contribution in [0.25, 0.3) is 0 Å². The Morgan fingerprint density at radius 1 is 1.24 bits per heavy atom. The molecule has 4 rings (SSSR count). The lowest BCUT2D eigenvalue weighted by atomic mass is 9.67. The number of hydrogen-bond donors (Lipinski definition) is 1. The van der Waals surface area contributed by atoms with E-state index in [2.05, 4.69) is 36.6 Å². The Morgan fingerprint density at radius 3 is 2.81 bits per heavy atom. The highest BCUT2D eigenvalue weighted by atomic mass is 16.5. The van der Waals surface area contributed by atoms with Crippen LogP contribution in [-0.2, 0) is 11.2 Å². The molecular weight excluding hydrogens is 258 g/mol. The van der Waals surface area contributed by atoms with Crippen LogP contribution in [0.4, 0.5) is 0 Å². The monoisotopic (exact) mass is 285 g/mol. The maximum Gasteiger partial charge on any atom is 0.0685 e. The van der Waals surface area contributed by atoms with Gasteiger partial charge in [-0.15, -0.1) is 0 Å². The minimum atomic E-state index is 0.237. The second-order valence-electron chi connectivity index (χ2n) is 7.32. The number of nitrogens with one attached hydrogen (secondary N) is 1. The third-order valence-corrected chi connectivity index (χ3v) is 6.21. The van der Waals surface area contributed by atoms with Crippen LogP contribution in [0.15, 0.2) is 24.3 Å². The minimum Gasteiger partial charge on any atom is -0.375 e. The normalized spacial score (nSPS) is 31.7. The predicted molar refractivity (Wildman–Crippen MR) is 85.6 cm³/mol. The molecule has 1 heterocycles. The lowest BCUT2D eigenvalue weighted by Gasteiger charge is -2.46. The molecule has 21 heavy (non-hydrogen) atoms. The molecule has 0 amide bonds. The third kappa shape index (κ3) is 2.33. The fourth-order valence-corrected chi connectivity index (χ4v) is 5.12. The van der Waals surface area contributed by atoms with E-state index >= 15 is 0 Å². The first-order chi connectivity index (χ1) is 10.3. The molecule has 1 aromatic carbocycles. The second kappa shape index (κ2) is 5.40. The highest BCUT2D eigenvalue weighted by molar-refractivity contribution is 5.41. The summed E-state index contributed by atoms with van der Waals surface area (Å²) in [5.41, 5.74) is 3.38. The minimum absolute atomic E-state index is 0.237. The van der Waals surface area contributed by atoms with Gasteiger partial charge in [-0.1, -0.05) is 37.1 Å². The molecule has 2 nitrogen and oxygen atoms in total. The molecule has 3 unspecified atom stereocenters. The molecule has 2 fully saturated rings. The Kier molecular flexibility index (Phi) is 3.55. The molecule has 0 bridgehead atoms. The maximum atomic E-state index is 6.22. The fourth-order valence-electron chi connectivity index (χ4n) is 5.12. The van der Waals surface area contributed by atoms with Gasteiger partial charge in [0, 0.05) is 18.6 Å². The summed E-state index contributed by atoms with van der Waals surface area (Å²) < 4.78 is 6.22. The van der Waals surface area contributed by atoms with Crippen molar-refractivity contribution in [3.63, 3.8) is 0 Å². The molecule has 1 spiro atoms. The SMILES string of the molecule is CNC(C1CCOC2(CCCC2)C1)C1Cc2ccccc21. The molecule has 1 N–H and O–H groups in total. The Hall–Kier alpha value is -0.860. The molecule has 1 aromatic rings. The topological polar surface area (TPSA) is 21.3 Å². The zero-order valence-corrected chi connectivity index (χ0v) is 13.1. The van der Waals surface area contributed by atoms with Crippen molar-refractivity contribution < 1.29 is 4.74 Å². The summed E-state index contributed by atoms with van der Waals surface area (Å²) in [7, 11) is 2.16. The standard InChI is InChI=1S/C19H27NO/c1-20-18(17-12-14-6-2-3-7-16(14)17)15-8-11-21-19(13-15)9-4-5-10-19/h2-3,6-7,15,17-18,20H,4-5,8-13H2,1H3. The fraction of sp³-hybridized carbons (Fsp3) is 0.684. The summed E-state index contributed by atoms with van der Waals surface area (Å²) in [6.07, 6.45) is 9.07. The number of hydrogen-bond acceptors (Lipinski definition) is 2. The molecule has 0 aromatic heterocycles. The molecule has 1 saturated heterocycles. The first kappa shape index (κ1) is 13.8. The first-order valence-electron chi connectivity index (χ1n) is 8.70. The summed E-state index contributed by atoms with van der Waals surface area (Å²) in [4.78, 5) is 0. The smallest absolute Gasteiger partial charge is 0.0685 e. The zero-order valence-electron chi connectivity index (χ0n) is 13.1. The summed E-state index contributed by atoms with van der Waals surface area (Å²) in [6.45, 7) is 0.969. The highest BCUT2D eigenvalue weighted by Gasteiger charge is 2.44. The Balaban J connectivity index is 1.51. The van der Waals surface area contributed by atoms with Crippen molar-refractivity contribution in [1.29, 1.82) is 0 Å². The van der Waals surface area contributed by atoms with Crippen LogP contribution in [0.2, 0.25) is 0 Å². The van der Waals surface area contributed by atoms with Gasteiger partial charge in [0.1, 0.15) is 0 Å². The molecule has 1 aliphatic heterocycles. The van der Waals surface area contributed by atoms with Crippen LogP contribution in [0, 0.1) is 5.92 Å². The van der Waals surface area contributed by atoms with Crippen molar-refractivity contribution in [3.8, 4) is 0 Å². The second-order valence-corrected chi connectivity index (χ2v) is 7.32.